The molecular weight excluding hydrogens is 292 g/mol. The fourth-order valence-electron chi connectivity index (χ4n) is 3.88. The summed E-state index contributed by atoms with van der Waals surface area (Å²) in [4.78, 5) is 16.4. The number of benzene rings is 1. The second-order valence-corrected chi connectivity index (χ2v) is 6.64. The first-order valence-electron chi connectivity index (χ1n) is 8.41. The first-order valence-corrected chi connectivity index (χ1v) is 8.41. The van der Waals surface area contributed by atoms with E-state index >= 15 is 0 Å². The van der Waals surface area contributed by atoms with Gasteiger partial charge in [0.15, 0.2) is 0 Å². The zero-order valence-electron chi connectivity index (χ0n) is 13.2. The molecule has 1 aromatic heterocycles. The molecule has 0 radical (unpaired) electrons. The number of phenols is 1. The lowest BCUT2D eigenvalue weighted by Crippen LogP contribution is -2.45. The molecule has 4 rings (SSSR count). The highest BCUT2D eigenvalue weighted by molar-refractivity contribution is 5.82. The highest BCUT2D eigenvalue weighted by Gasteiger charge is 2.30. The molecular formula is C18H22N2O3. The molecule has 1 N–H and O–H groups in total. The van der Waals surface area contributed by atoms with Crippen LogP contribution >= 0.6 is 0 Å². The van der Waals surface area contributed by atoms with Gasteiger partial charge in [0.2, 0.25) is 5.91 Å². The predicted octanol–water partition coefficient (Wildman–Crippen LogP) is 2.73. The smallest absolute Gasteiger partial charge is 0.222 e. The molecule has 0 unspecified atom stereocenters. The van der Waals surface area contributed by atoms with Crippen molar-refractivity contribution in [1.82, 2.24) is 9.80 Å². The van der Waals surface area contributed by atoms with Crippen molar-refractivity contribution in [2.45, 2.75) is 38.3 Å². The van der Waals surface area contributed by atoms with Gasteiger partial charge < -0.3 is 14.4 Å². The minimum atomic E-state index is 0.231. The first-order chi connectivity index (χ1) is 11.2. The Bertz CT molecular complexity index is 716. The van der Waals surface area contributed by atoms with Crippen LogP contribution in [0.5, 0.6) is 5.75 Å². The van der Waals surface area contributed by atoms with Crippen LogP contribution in [0.2, 0.25) is 0 Å². The van der Waals surface area contributed by atoms with Gasteiger partial charge in [-0.1, -0.05) is 0 Å². The number of carbonyl (C=O) groups is 1. The number of likely N-dealkylation sites (tertiary alicyclic amines) is 2. The topological polar surface area (TPSA) is 56.9 Å². The Morgan fingerprint density at radius 3 is 2.78 bits per heavy atom. The van der Waals surface area contributed by atoms with E-state index in [0.717, 1.165) is 68.4 Å². The summed E-state index contributed by atoms with van der Waals surface area (Å²) in [6.07, 6.45) is 5.66. The van der Waals surface area contributed by atoms with Crippen LogP contribution < -0.4 is 0 Å². The van der Waals surface area contributed by atoms with Gasteiger partial charge in [0.05, 0.1) is 6.26 Å². The molecule has 2 aliphatic heterocycles. The van der Waals surface area contributed by atoms with Crippen molar-refractivity contribution in [3.05, 3.63) is 30.0 Å². The number of phenolic OH excluding ortho intramolecular Hbond substituents is 1. The van der Waals surface area contributed by atoms with E-state index in [0.29, 0.717) is 11.9 Å². The molecule has 5 heteroatoms. The second kappa shape index (κ2) is 5.89. The minimum Gasteiger partial charge on any atom is -0.508 e. The predicted molar refractivity (Wildman–Crippen MR) is 87.1 cm³/mol. The number of rotatable bonds is 3. The summed E-state index contributed by atoms with van der Waals surface area (Å²) in [7, 11) is 0. The van der Waals surface area contributed by atoms with Gasteiger partial charge in [-0.15, -0.1) is 0 Å². The maximum Gasteiger partial charge on any atom is 0.222 e. The zero-order chi connectivity index (χ0) is 15.8. The molecule has 5 nitrogen and oxygen atoms in total. The van der Waals surface area contributed by atoms with Crippen LogP contribution in [0.4, 0.5) is 0 Å². The standard InChI is InChI=1S/C18H22N2O3/c21-15-3-4-16-13(12-23-17(16)10-15)11-19-8-5-14(6-9-19)20-7-1-2-18(20)22/h3-4,10,12,14,21H,1-2,5-9,11H2. The van der Waals surface area contributed by atoms with Crippen LogP contribution in [0.1, 0.15) is 31.2 Å². The summed E-state index contributed by atoms with van der Waals surface area (Å²) >= 11 is 0. The van der Waals surface area contributed by atoms with E-state index in [-0.39, 0.29) is 5.75 Å². The number of aromatic hydroxyl groups is 1. The normalized spacial score (nSPS) is 20.7. The van der Waals surface area contributed by atoms with E-state index in [1.54, 1.807) is 18.4 Å². The quantitative estimate of drug-likeness (QED) is 0.946. The van der Waals surface area contributed by atoms with E-state index in [4.69, 9.17) is 4.42 Å². The Balaban J connectivity index is 1.40. The van der Waals surface area contributed by atoms with Gasteiger partial charge in [-0.2, -0.15) is 0 Å². The molecule has 1 aromatic carbocycles. The molecule has 0 bridgehead atoms. The van der Waals surface area contributed by atoms with Crippen LogP contribution in [0.3, 0.4) is 0 Å². The van der Waals surface area contributed by atoms with Gasteiger partial charge in [-0.05, 0) is 31.4 Å². The maximum atomic E-state index is 11.9. The lowest BCUT2D eigenvalue weighted by molar-refractivity contribution is -0.130. The summed E-state index contributed by atoms with van der Waals surface area (Å²) in [5.74, 6) is 0.568. The SMILES string of the molecule is O=C1CCCN1C1CCN(Cc2coc3cc(O)ccc23)CC1. The molecule has 2 fully saturated rings. The lowest BCUT2D eigenvalue weighted by Gasteiger charge is -2.36. The number of hydrogen-bond donors (Lipinski definition) is 1. The third-order valence-corrected chi connectivity index (χ3v) is 5.14. The number of carbonyl (C=O) groups excluding carboxylic acids is 1. The van der Waals surface area contributed by atoms with Gasteiger partial charge in [0.25, 0.3) is 0 Å². The maximum absolute atomic E-state index is 11.9. The Morgan fingerprint density at radius 2 is 2.04 bits per heavy atom. The van der Waals surface area contributed by atoms with E-state index in [9.17, 15) is 9.90 Å². The van der Waals surface area contributed by atoms with Crippen LogP contribution in [0.25, 0.3) is 11.0 Å². The zero-order valence-corrected chi connectivity index (χ0v) is 13.2. The first kappa shape index (κ1) is 14.6. The average Bonchev–Trinajstić information content (AvgIpc) is 3.15. The Kier molecular flexibility index (Phi) is 3.73. The molecule has 3 heterocycles. The third-order valence-electron chi connectivity index (χ3n) is 5.14. The molecule has 2 aliphatic rings. The highest BCUT2D eigenvalue weighted by Crippen LogP contribution is 2.28. The number of furan rings is 1. The largest absolute Gasteiger partial charge is 0.508 e. The Labute approximate surface area is 135 Å². The summed E-state index contributed by atoms with van der Waals surface area (Å²) in [5.41, 5.74) is 1.90. The van der Waals surface area contributed by atoms with Gasteiger partial charge in [-0.25, -0.2) is 0 Å². The van der Waals surface area contributed by atoms with E-state index in [2.05, 4.69) is 9.80 Å². The average molecular weight is 314 g/mol. The summed E-state index contributed by atoms with van der Waals surface area (Å²) in [5, 5.41) is 10.6. The van der Waals surface area contributed by atoms with Crippen molar-refractivity contribution in [2.24, 2.45) is 0 Å². The molecule has 2 saturated heterocycles. The van der Waals surface area contributed by atoms with E-state index < -0.39 is 0 Å². The van der Waals surface area contributed by atoms with Gasteiger partial charge >= 0.3 is 0 Å². The van der Waals surface area contributed by atoms with Gasteiger partial charge in [0.1, 0.15) is 11.3 Å². The van der Waals surface area contributed by atoms with Crippen molar-refractivity contribution in [2.75, 3.05) is 19.6 Å². The summed E-state index contributed by atoms with van der Waals surface area (Å²) in [6, 6.07) is 5.70. The van der Waals surface area contributed by atoms with Gasteiger partial charge in [0, 0.05) is 55.7 Å². The van der Waals surface area contributed by atoms with Crippen LogP contribution in [0, 0.1) is 0 Å². The number of amides is 1. The highest BCUT2D eigenvalue weighted by atomic mass is 16.3. The van der Waals surface area contributed by atoms with Crippen LogP contribution in [-0.4, -0.2) is 46.5 Å². The molecule has 1 amide bonds. The molecule has 2 aromatic rings. The third kappa shape index (κ3) is 2.81. The molecule has 23 heavy (non-hydrogen) atoms. The number of fused-ring (bicyclic) bond motifs is 1. The molecule has 0 spiro atoms. The number of piperidine rings is 1. The van der Waals surface area contributed by atoms with Crippen molar-refractivity contribution in [3.63, 3.8) is 0 Å². The van der Waals surface area contributed by atoms with Crippen LogP contribution in [-0.2, 0) is 11.3 Å². The fourth-order valence-corrected chi connectivity index (χ4v) is 3.88. The van der Waals surface area contributed by atoms with Crippen LogP contribution in [0.15, 0.2) is 28.9 Å². The van der Waals surface area contributed by atoms with E-state index in [1.165, 1.54) is 0 Å². The lowest BCUT2D eigenvalue weighted by atomic mass is 10.0. The molecule has 122 valence electrons. The Hall–Kier alpha value is -2.01. The number of hydrogen-bond acceptors (Lipinski definition) is 4. The van der Waals surface area contributed by atoms with Crippen molar-refractivity contribution >= 4 is 16.9 Å². The number of nitrogens with zero attached hydrogens (tertiary/aromatic N) is 2. The van der Waals surface area contributed by atoms with Gasteiger partial charge in [-0.3, -0.25) is 9.69 Å². The second-order valence-electron chi connectivity index (χ2n) is 6.64. The summed E-state index contributed by atoms with van der Waals surface area (Å²) in [6.45, 7) is 3.83. The molecule has 0 saturated carbocycles. The fraction of sp³-hybridized carbons (Fsp3) is 0.500. The van der Waals surface area contributed by atoms with Crippen molar-refractivity contribution in [1.29, 1.82) is 0 Å². The van der Waals surface area contributed by atoms with Crippen molar-refractivity contribution in [3.8, 4) is 5.75 Å². The monoisotopic (exact) mass is 314 g/mol. The molecule has 0 atom stereocenters. The van der Waals surface area contributed by atoms with E-state index in [1.807, 2.05) is 6.07 Å². The summed E-state index contributed by atoms with van der Waals surface area (Å²) < 4.78 is 5.55. The Morgan fingerprint density at radius 1 is 1.22 bits per heavy atom. The molecule has 0 aliphatic carbocycles. The van der Waals surface area contributed by atoms with Crippen molar-refractivity contribution < 1.29 is 14.3 Å². The minimum absolute atomic E-state index is 0.231.